The van der Waals surface area contributed by atoms with Gasteiger partial charge in [-0.1, -0.05) is 24.6 Å². The number of benzene rings is 1. The Kier molecular flexibility index (Phi) is 3.64. The maximum Gasteiger partial charge on any atom is 0.142 e. The number of anilines is 2. The summed E-state index contributed by atoms with van der Waals surface area (Å²) in [7, 11) is 0. The summed E-state index contributed by atoms with van der Waals surface area (Å²) in [5, 5.41) is 4.59. The third-order valence-corrected chi connectivity index (χ3v) is 4.71. The standard InChI is InChI=1S/C17H19N3S/c1-5-13-9-14-16(18-12(4)19-17(14)21-13)20-15-7-6-10(2)8-11(15)3/h6-9H,5H2,1-4H3,(H,18,19,20). The van der Waals surface area contributed by atoms with E-state index in [0.717, 1.165) is 34.0 Å². The summed E-state index contributed by atoms with van der Waals surface area (Å²) in [6, 6.07) is 8.61. The molecule has 0 unspecified atom stereocenters. The molecule has 0 bridgehead atoms. The van der Waals surface area contributed by atoms with E-state index in [2.05, 4.69) is 60.3 Å². The summed E-state index contributed by atoms with van der Waals surface area (Å²) in [4.78, 5) is 11.5. The van der Waals surface area contributed by atoms with Crippen molar-refractivity contribution in [3.05, 3.63) is 46.1 Å². The van der Waals surface area contributed by atoms with E-state index in [1.165, 1.54) is 16.0 Å². The van der Waals surface area contributed by atoms with Crippen LogP contribution in [0, 0.1) is 20.8 Å². The van der Waals surface area contributed by atoms with Crippen LogP contribution in [0.3, 0.4) is 0 Å². The van der Waals surface area contributed by atoms with Crippen LogP contribution in [0.25, 0.3) is 10.2 Å². The molecule has 0 aliphatic rings. The van der Waals surface area contributed by atoms with Gasteiger partial charge < -0.3 is 5.32 Å². The van der Waals surface area contributed by atoms with Gasteiger partial charge in [0.15, 0.2) is 0 Å². The SMILES string of the molecule is CCc1cc2c(Nc3ccc(C)cc3C)nc(C)nc2s1. The van der Waals surface area contributed by atoms with Crippen LogP contribution in [0.5, 0.6) is 0 Å². The zero-order valence-electron chi connectivity index (χ0n) is 12.8. The normalized spacial score (nSPS) is 11.0. The maximum atomic E-state index is 4.59. The highest BCUT2D eigenvalue weighted by atomic mass is 32.1. The molecule has 108 valence electrons. The lowest BCUT2D eigenvalue weighted by Crippen LogP contribution is -1.99. The summed E-state index contributed by atoms with van der Waals surface area (Å²) in [5.41, 5.74) is 3.60. The summed E-state index contributed by atoms with van der Waals surface area (Å²) in [6.07, 6.45) is 1.03. The molecule has 0 fully saturated rings. The van der Waals surface area contributed by atoms with E-state index in [1.807, 2.05) is 6.92 Å². The number of thiophene rings is 1. The number of nitrogens with one attached hydrogen (secondary N) is 1. The van der Waals surface area contributed by atoms with E-state index in [9.17, 15) is 0 Å². The fourth-order valence-corrected chi connectivity index (χ4v) is 3.44. The number of hydrogen-bond acceptors (Lipinski definition) is 4. The van der Waals surface area contributed by atoms with Crippen LogP contribution in [0.2, 0.25) is 0 Å². The Hall–Kier alpha value is -1.94. The molecular formula is C17H19N3S. The smallest absolute Gasteiger partial charge is 0.142 e. The van der Waals surface area contributed by atoms with Gasteiger partial charge in [0.05, 0.1) is 5.39 Å². The van der Waals surface area contributed by atoms with Crippen molar-refractivity contribution in [3.8, 4) is 0 Å². The molecule has 0 spiro atoms. The van der Waals surface area contributed by atoms with Crippen molar-refractivity contribution in [2.45, 2.75) is 34.1 Å². The molecule has 1 N–H and O–H groups in total. The number of aryl methyl sites for hydroxylation is 4. The number of aromatic nitrogens is 2. The molecule has 0 amide bonds. The first-order valence-electron chi connectivity index (χ1n) is 7.18. The average Bonchev–Trinajstić information content (AvgIpc) is 2.85. The second-order valence-corrected chi connectivity index (χ2v) is 6.46. The predicted molar refractivity (Wildman–Crippen MR) is 90.7 cm³/mol. The van der Waals surface area contributed by atoms with Gasteiger partial charge >= 0.3 is 0 Å². The topological polar surface area (TPSA) is 37.8 Å². The Morgan fingerprint density at radius 3 is 2.62 bits per heavy atom. The lowest BCUT2D eigenvalue weighted by molar-refractivity contribution is 1.10. The van der Waals surface area contributed by atoms with Gasteiger partial charge in [-0.05, 0) is 44.9 Å². The molecule has 0 saturated heterocycles. The summed E-state index contributed by atoms with van der Waals surface area (Å²) in [5.74, 6) is 1.71. The Morgan fingerprint density at radius 2 is 1.90 bits per heavy atom. The van der Waals surface area contributed by atoms with Crippen LogP contribution in [-0.4, -0.2) is 9.97 Å². The van der Waals surface area contributed by atoms with Gasteiger partial charge in [0.2, 0.25) is 0 Å². The molecule has 3 nitrogen and oxygen atoms in total. The van der Waals surface area contributed by atoms with Crippen LogP contribution < -0.4 is 5.32 Å². The molecular weight excluding hydrogens is 278 g/mol. The molecule has 2 heterocycles. The molecule has 0 aliphatic carbocycles. The minimum Gasteiger partial charge on any atom is -0.339 e. The molecule has 3 rings (SSSR count). The van der Waals surface area contributed by atoms with Gasteiger partial charge in [-0.2, -0.15) is 0 Å². The van der Waals surface area contributed by atoms with Crippen LogP contribution >= 0.6 is 11.3 Å². The van der Waals surface area contributed by atoms with E-state index < -0.39 is 0 Å². The van der Waals surface area contributed by atoms with Crippen molar-refractivity contribution >= 4 is 33.1 Å². The second kappa shape index (κ2) is 5.45. The quantitative estimate of drug-likeness (QED) is 0.745. The predicted octanol–water partition coefficient (Wildman–Crippen LogP) is 4.92. The van der Waals surface area contributed by atoms with Crippen molar-refractivity contribution in [2.75, 3.05) is 5.32 Å². The fourth-order valence-electron chi connectivity index (χ4n) is 2.43. The molecule has 0 radical (unpaired) electrons. The van der Waals surface area contributed by atoms with Gasteiger partial charge in [-0.3, -0.25) is 0 Å². The Balaban J connectivity index is 2.08. The first-order valence-corrected chi connectivity index (χ1v) is 8.00. The van der Waals surface area contributed by atoms with Gasteiger partial charge in [-0.15, -0.1) is 11.3 Å². The Labute approximate surface area is 129 Å². The van der Waals surface area contributed by atoms with Crippen LogP contribution in [0.1, 0.15) is 28.8 Å². The monoisotopic (exact) mass is 297 g/mol. The summed E-state index contributed by atoms with van der Waals surface area (Å²) in [6.45, 7) is 8.34. The lowest BCUT2D eigenvalue weighted by atomic mass is 10.1. The van der Waals surface area contributed by atoms with Crippen molar-refractivity contribution < 1.29 is 0 Å². The molecule has 0 aliphatic heterocycles. The highest BCUT2D eigenvalue weighted by Crippen LogP contribution is 2.31. The first kappa shape index (κ1) is 14.0. The number of fused-ring (bicyclic) bond motifs is 1. The van der Waals surface area contributed by atoms with Crippen molar-refractivity contribution in [2.24, 2.45) is 0 Å². The minimum atomic E-state index is 0.805. The fraction of sp³-hybridized carbons (Fsp3) is 0.294. The second-order valence-electron chi connectivity index (χ2n) is 5.35. The molecule has 1 aromatic carbocycles. The van der Waals surface area contributed by atoms with E-state index in [4.69, 9.17) is 0 Å². The van der Waals surface area contributed by atoms with Crippen LogP contribution in [0.4, 0.5) is 11.5 Å². The van der Waals surface area contributed by atoms with E-state index in [1.54, 1.807) is 11.3 Å². The first-order chi connectivity index (χ1) is 10.1. The third-order valence-electron chi connectivity index (χ3n) is 3.54. The zero-order chi connectivity index (χ0) is 15.0. The highest BCUT2D eigenvalue weighted by Gasteiger charge is 2.11. The third kappa shape index (κ3) is 2.76. The zero-order valence-corrected chi connectivity index (χ0v) is 13.6. The van der Waals surface area contributed by atoms with Gasteiger partial charge in [0.1, 0.15) is 16.5 Å². The van der Waals surface area contributed by atoms with Crippen molar-refractivity contribution in [1.29, 1.82) is 0 Å². The van der Waals surface area contributed by atoms with Gasteiger partial charge in [0, 0.05) is 10.6 Å². The Bertz CT molecular complexity index is 805. The molecule has 3 aromatic rings. The van der Waals surface area contributed by atoms with Crippen LogP contribution in [-0.2, 0) is 6.42 Å². The lowest BCUT2D eigenvalue weighted by Gasteiger charge is -2.11. The number of rotatable bonds is 3. The van der Waals surface area contributed by atoms with E-state index in [-0.39, 0.29) is 0 Å². The maximum absolute atomic E-state index is 4.59. The summed E-state index contributed by atoms with van der Waals surface area (Å²) >= 11 is 1.75. The largest absolute Gasteiger partial charge is 0.339 e. The molecule has 4 heteroatoms. The van der Waals surface area contributed by atoms with Gasteiger partial charge in [-0.25, -0.2) is 9.97 Å². The Morgan fingerprint density at radius 1 is 1.10 bits per heavy atom. The number of hydrogen-bond donors (Lipinski definition) is 1. The highest BCUT2D eigenvalue weighted by molar-refractivity contribution is 7.18. The van der Waals surface area contributed by atoms with Crippen molar-refractivity contribution in [1.82, 2.24) is 9.97 Å². The molecule has 2 aromatic heterocycles. The molecule has 0 atom stereocenters. The summed E-state index contributed by atoms with van der Waals surface area (Å²) < 4.78 is 0. The molecule has 0 saturated carbocycles. The minimum absolute atomic E-state index is 0.805. The van der Waals surface area contributed by atoms with Crippen molar-refractivity contribution in [3.63, 3.8) is 0 Å². The average molecular weight is 297 g/mol. The van der Waals surface area contributed by atoms with E-state index in [0.29, 0.717) is 0 Å². The molecule has 21 heavy (non-hydrogen) atoms. The van der Waals surface area contributed by atoms with Crippen LogP contribution in [0.15, 0.2) is 24.3 Å². The van der Waals surface area contributed by atoms with E-state index >= 15 is 0 Å². The van der Waals surface area contributed by atoms with Gasteiger partial charge in [0.25, 0.3) is 0 Å². The number of nitrogens with zero attached hydrogens (tertiary/aromatic N) is 2.